The first kappa shape index (κ1) is 22.8. The minimum absolute atomic E-state index is 0.0205. The fourth-order valence-corrected chi connectivity index (χ4v) is 3.19. The van der Waals surface area contributed by atoms with E-state index in [4.69, 9.17) is 0 Å². The summed E-state index contributed by atoms with van der Waals surface area (Å²) in [5, 5.41) is 11.9. The van der Waals surface area contributed by atoms with Gasteiger partial charge in [0.25, 0.3) is 0 Å². The van der Waals surface area contributed by atoms with Crippen LogP contribution in [0.5, 0.6) is 5.75 Å². The van der Waals surface area contributed by atoms with Gasteiger partial charge in [-0.3, -0.25) is 4.79 Å². The number of carbonyl (C=O) groups excluding carboxylic acids is 1. The number of hydrogen-bond acceptors (Lipinski definition) is 4. The van der Waals surface area contributed by atoms with E-state index in [1.165, 1.54) is 30.5 Å². The number of amides is 1. The SMILES string of the molecule is O=C(Cc1c(F)c(F)c(F)c(F)c1F)Nc1ncc(-c2ccccc2)nc1-c1ccc(O)cc1. The lowest BCUT2D eigenvalue weighted by atomic mass is 10.1. The second-order valence-corrected chi connectivity index (χ2v) is 7.14. The minimum Gasteiger partial charge on any atom is -0.508 e. The summed E-state index contributed by atoms with van der Waals surface area (Å²) in [7, 11) is 0. The highest BCUT2D eigenvalue weighted by atomic mass is 19.2. The molecule has 34 heavy (non-hydrogen) atoms. The zero-order valence-corrected chi connectivity index (χ0v) is 17.1. The lowest BCUT2D eigenvalue weighted by Gasteiger charge is -2.13. The Labute approximate surface area is 189 Å². The van der Waals surface area contributed by atoms with E-state index in [2.05, 4.69) is 15.3 Å². The Kier molecular flexibility index (Phi) is 6.22. The van der Waals surface area contributed by atoms with Crippen LogP contribution in [0.15, 0.2) is 60.8 Å². The molecule has 0 bridgehead atoms. The van der Waals surface area contributed by atoms with Gasteiger partial charge in [-0.15, -0.1) is 0 Å². The lowest BCUT2D eigenvalue weighted by Crippen LogP contribution is -2.19. The number of phenols is 1. The predicted octanol–water partition coefficient (Wildman–Crippen LogP) is 5.39. The van der Waals surface area contributed by atoms with E-state index in [-0.39, 0.29) is 17.3 Å². The van der Waals surface area contributed by atoms with Crippen molar-refractivity contribution in [2.75, 3.05) is 5.32 Å². The van der Waals surface area contributed by atoms with Gasteiger partial charge in [-0.2, -0.15) is 0 Å². The van der Waals surface area contributed by atoms with Crippen LogP contribution in [0, 0.1) is 29.1 Å². The molecule has 0 radical (unpaired) electrons. The van der Waals surface area contributed by atoms with Crippen LogP contribution in [0.1, 0.15) is 5.56 Å². The molecule has 0 aliphatic carbocycles. The molecule has 4 rings (SSSR count). The number of aromatic hydroxyl groups is 1. The van der Waals surface area contributed by atoms with Gasteiger partial charge in [0, 0.05) is 16.7 Å². The molecule has 0 aliphatic heterocycles. The van der Waals surface area contributed by atoms with Crippen LogP contribution in [0.3, 0.4) is 0 Å². The highest BCUT2D eigenvalue weighted by Gasteiger charge is 2.27. The van der Waals surface area contributed by atoms with Crippen LogP contribution in [0.2, 0.25) is 0 Å². The van der Waals surface area contributed by atoms with Gasteiger partial charge in [-0.25, -0.2) is 31.9 Å². The molecule has 0 spiro atoms. The Morgan fingerprint density at radius 1 is 0.794 bits per heavy atom. The molecule has 1 amide bonds. The smallest absolute Gasteiger partial charge is 0.230 e. The van der Waals surface area contributed by atoms with E-state index in [0.29, 0.717) is 16.8 Å². The Morgan fingerprint density at radius 3 is 2.00 bits per heavy atom. The number of rotatable bonds is 5. The first-order chi connectivity index (χ1) is 16.3. The number of halogens is 5. The number of carbonyl (C=O) groups is 1. The van der Waals surface area contributed by atoms with Gasteiger partial charge in [-0.1, -0.05) is 30.3 Å². The fourth-order valence-electron chi connectivity index (χ4n) is 3.19. The van der Waals surface area contributed by atoms with Crippen molar-refractivity contribution in [1.82, 2.24) is 9.97 Å². The molecule has 2 N–H and O–H groups in total. The van der Waals surface area contributed by atoms with Gasteiger partial charge in [-0.05, 0) is 24.3 Å². The molecule has 1 heterocycles. The fraction of sp³-hybridized carbons (Fsp3) is 0.0417. The van der Waals surface area contributed by atoms with Crippen LogP contribution >= 0.6 is 0 Å². The second kappa shape index (κ2) is 9.26. The zero-order valence-electron chi connectivity index (χ0n) is 17.1. The Hall–Kier alpha value is -4.34. The molecule has 5 nitrogen and oxygen atoms in total. The third-order valence-electron chi connectivity index (χ3n) is 4.88. The van der Waals surface area contributed by atoms with E-state index in [9.17, 15) is 31.9 Å². The summed E-state index contributed by atoms with van der Waals surface area (Å²) in [6.45, 7) is 0. The topological polar surface area (TPSA) is 75.1 Å². The number of anilines is 1. The third kappa shape index (κ3) is 4.42. The number of nitrogens with zero attached hydrogens (tertiary/aromatic N) is 2. The third-order valence-corrected chi connectivity index (χ3v) is 4.88. The molecular weight excluding hydrogens is 457 g/mol. The van der Waals surface area contributed by atoms with Gasteiger partial charge in [0.1, 0.15) is 11.4 Å². The van der Waals surface area contributed by atoms with E-state index in [0.717, 1.165) is 0 Å². The maximum absolute atomic E-state index is 14.0. The normalized spacial score (nSPS) is 10.9. The molecule has 172 valence electrons. The average Bonchev–Trinajstić information content (AvgIpc) is 2.85. The molecule has 10 heteroatoms. The Morgan fingerprint density at radius 2 is 1.38 bits per heavy atom. The van der Waals surface area contributed by atoms with Crippen LogP contribution < -0.4 is 5.32 Å². The number of hydrogen-bond donors (Lipinski definition) is 2. The molecular formula is C24H14F5N3O2. The van der Waals surface area contributed by atoms with Crippen molar-refractivity contribution in [1.29, 1.82) is 0 Å². The van der Waals surface area contributed by atoms with E-state index in [1.807, 2.05) is 6.07 Å². The molecule has 0 aliphatic rings. The number of aromatic nitrogens is 2. The summed E-state index contributed by atoms with van der Waals surface area (Å²) < 4.78 is 68.1. The van der Waals surface area contributed by atoms with Crippen LogP contribution in [-0.4, -0.2) is 21.0 Å². The van der Waals surface area contributed by atoms with Gasteiger partial charge in [0.2, 0.25) is 11.7 Å². The summed E-state index contributed by atoms with van der Waals surface area (Å²) in [6, 6.07) is 14.7. The molecule has 0 saturated heterocycles. The van der Waals surface area contributed by atoms with Gasteiger partial charge in [0.15, 0.2) is 29.1 Å². The van der Waals surface area contributed by atoms with E-state index < -0.39 is 47.0 Å². The van der Waals surface area contributed by atoms with Gasteiger partial charge >= 0.3 is 0 Å². The molecule has 0 fully saturated rings. The van der Waals surface area contributed by atoms with Crippen molar-refractivity contribution in [3.8, 4) is 28.3 Å². The van der Waals surface area contributed by atoms with Gasteiger partial charge in [0.05, 0.1) is 18.3 Å². The average molecular weight is 471 g/mol. The van der Waals surface area contributed by atoms with Crippen molar-refractivity contribution >= 4 is 11.7 Å². The lowest BCUT2D eigenvalue weighted by molar-refractivity contribution is -0.115. The standard InChI is InChI=1S/C24H14F5N3O2/c25-18-15(19(26)21(28)22(29)20(18)27)10-17(34)32-24-23(13-6-8-14(33)9-7-13)31-16(11-30-24)12-4-2-1-3-5-12/h1-9,11,33H,10H2,(H,30,32,34). The first-order valence-corrected chi connectivity index (χ1v) is 9.78. The maximum atomic E-state index is 14.0. The van der Waals surface area contributed by atoms with Crippen molar-refractivity contribution in [3.63, 3.8) is 0 Å². The van der Waals surface area contributed by atoms with E-state index in [1.54, 1.807) is 24.3 Å². The number of benzene rings is 3. The highest BCUT2D eigenvalue weighted by molar-refractivity contribution is 5.94. The summed E-state index contributed by atoms with van der Waals surface area (Å²) >= 11 is 0. The Bertz CT molecular complexity index is 1350. The molecule has 3 aromatic carbocycles. The summed E-state index contributed by atoms with van der Waals surface area (Å²) in [4.78, 5) is 21.2. The maximum Gasteiger partial charge on any atom is 0.230 e. The van der Waals surface area contributed by atoms with Crippen LogP contribution in [0.4, 0.5) is 27.8 Å². The van der Waals surface area contributed by atoms with Crippen LogP contribution in [-0.2, 0) is 11.2 Å². The predicted molar refractivity (Wildman–Crippen MR) is 113 cm³/mol. The minimum atomic E-state index is -2.31. The summed E-state index contributed by atoms with van der Waals surface area (Å²) in [6.07, 6.45) is 0.218. The summed E-state index contributed by atoms with van der Waals surface area (Å²) in [5.74, 6) is -12.0. The number of nitrogens with one attached hydrogen (secondary N) is 1. The second-order valence-electron chi connectivity index (χ2n) is 7.14. The number of phenolic OH excluding ortho intramolecular Hbond substituents is 1. The van der Waals surface area contributed by atoms with Crippen molar-refractivity contribution in [3.05, 3.63) is 95.4 Å². The first-order valence-electron chi connectivity index (χ1n) is 9.78. The molecule has 4 aromatic rings. The molecule has 0 saturated carbocycles. The Balaban J connectivity index is 1.70. The molecule has 1 aromatic heterocycles. The van der Waals surface area contributed by atoms with Crippen molar-refractivity contribution < 1.29 is 31.9 Å². The monoisotopic (exact) mass is 471 g/mol. The highest BCUT2D eigenvalue weighted by Crippen LogP contribution is 2.29. The molecule has 0 unspecified atom stereocenters. The van der Waals surface area contributed by atoms with E-state index >= 15 is 0 Å². The van der Waals surface area contributed by atoms with Crippen LogP contribution in [0.25, 0.3) is 22.5 Å². The zero-order chi connectivity index (χ0) is 24.4. The van der Waals surface area contributed by atoms with Crippen molar-refractivity contribution in [2.45, 2.75) is 6.42 Å². The molecule has 0 atom stereocenters. The quantitative estimate of drug-likeness (QED) is 0.232. The largest absolute Gasteiger partial charge is 0.508 e. The van der Waals surface area contributed by atoms with Gasteiger partial charge < -0.3 is 10.4 Å². The summed E-state index contributed by atoms with van der Waals surface area (Å²) in [5.41, 5.74) is 0.492. The van der Waals surface area contributed by atoms with Crippen molar-refractivity contribution in [2.24, 2.45) is 0 Å².